The van der Waals surface area contributed by atoms with Crippen LogP contribution in [-0.4, -0.2) is 26.0 Å². The van der Waals surface area contributed by atoms with E-state index in [1.165, 1.54) is 25.4 Å². The van der Waals surface area contributed by atoms with Crippen LogP contribution in [0.1, 0.15) is 17.0 Å². The second-order valence-electron chi connectivity index (χ2n) is 5.22. The molecule has 0 saturated heterocycles. The zero-order valence-corrected chi connectivity index (χ0v) is 13.5. The molecule has 0 bridgehead atoms. The van der Waals surface area contributed by atoms with Crippen molar-refractivity contribution in [1.29, 1.82) is 0 Å². The first kappa shape index (κ1) is 17.6. The zero-order valence-electron chi connectivity index (χ0n) is 13.5. The highest BCUT2D eigenvalue weighted by Gasteiger charge is 2.34. The highest BCUT2D eigenvalue weighted by molar-refractivity contribution is 5.81. The molecule has 0 amide bonds. The van der Waals surface area contributed by atoms with Crippen molar-refractivity contribution in [1.82, 2.24) is 19.7 Å². The maximum Gasteiger partial charge on any atom is 0.433 e. The molecule has 1 N–H and O–H groups in total. The Kier molecular flexibility index (Phi) is 4.45. The molecule has 0 unspecified atom stereocenters. The summed E-state index contributed by atoms with van der Waals surface area (Å²) in [6.07, 6.45) is -2.28. The smallest absolute Gasteiger partial charge is 0.433 e. The molecule has 0 fully saturated rings. The molecule has 0 atom stereocenters. The van der Waals surface area contributed by atoms with Crippen molar-refractivity contribution in [3.63, 3.8) is 0 Å². The molecule has 136 valence electrons. The van der Waals surface area contributed by atoms with Gasteiger partial charge in [-0.05, 0) is 25.1 Å². The molecule has 3 aromatic rings. The lowest BCUT2D eigenvalue weighted by Gasteiger charge is -2.09. The summed E-state index contributed by atoms with van der Waals surface area (Å²) in [7, 11) is 1.42. The molecule has 0 aliphatic carbocycles. The Balaban J connectivity index is 1.92. The minimum atomic E-state index is -4.68. The van der Waals surface area contributed by atoms with Crippen molar-refractivity contribution in [2.24, 2.45) is 12.1 Å². The lowest BCUT2D eigenvalue weighted by molar-refractivity contribution is -0.141. The van der Waals surface area contributed by atoms with Gasteiger partial charge in [-0.25, -0.2) is 20.1 Å². The van der Waals surface area contributed by atoms with Crippen LogP contribution in [0.5, 0.6) is 0 Å². The third-order valence-corrected chi connectivity index (χ3v) is 3.34. The molecule has 0 saturated carbocycles. The number of hydrazone groups is 1. The number of furan rings is 1. The number of nitrogens with one attached hydrogen (secondary N) is 1. The van der Waals surface area contributed by atoms with Crippen molar-refractivity contribution in [3.8, 4) is 11.5 Å². The van der Waals surface area contributed by atoms with Gasteiger partial charge in [-0.1, -0.05) is 0 Å². The maximum atomic E-state index is 13.8. The van der Waals surface area contributed by atoms with E-state index in [4.69, 9.17) is 4.42 Å². The molecule has 0 aliphatic rings. The monoisotopic (exact) mass is 368 g/mol. The molecule has 0 aliphatic heterocycles. The molecular weight excluding hydrogens is 356 g/mol. The minimum absolute atomic E-state index is 0.0706. The molecule has 11 heteroatoms. The van der Waals surface area contributed by atoms with Crippen LogP contribution in [0.3, 0.4) is 0 Å². The van der Waals surface area contributed by atoms with Crippen molar-refractivity contribution < 1.29 is 22.0 Å². The number of nitrogens with zero attached hydrogens (tertiary/aromatic N) is 5. The summed E-state index contributed by atoms with van der Waals surface area (Å²) in [6, 6.07) is 3.74. The van der Waals surface area contributed by atoms with Gasteiger partial charge in [0.2, 0.25) is 11.9 Å². The predicted molar refractivity (Wildman–Crippen MR) is 83.9 cm³/mol. The predicted octanol–water partition coefficient (Wildman–Crippen LogP) is 3.38. The van der Waals surface area contributed by atoms with Gasteiger partial charge in [0.15, 0.2) is 11.5 Å². The van der Waals surface area contributed by atoms with Gasteiger partial charge in [0.1, 0.15) is 5.69 Å². The normalized spacial score (nSPS) is 12.1. The Hall–Kier alpha value is -3.24. The van der Waals surface area contributed by atoms with Gasteiger partial charge < -0.3 is 4.42 Å². The quantitative estimate of drug-likeness (QED) is 0.434. The first-order valence-electron chi connectivity index (χ1n) is 7.24. The Morgan fingerprint density at radius 2 is 2.08 bits per heavy atom. The third-order valence-electron chi connectivity index (χ3n) is 3.34. The lowest BCUT2D eigenvalue weighted by atomic mass is 10.2. The van der Waals surface area contributed by atoms with E-state index in [-0.39, 0.29) is 17.0 Å². The summed E-state index contributed by atoms with van der Waals surface area (Å²) in [5.74, 6) is -0.905. The van der Waals surface area contributed by atoms with E-state index in [1.807, 2.05) is 0 Å². The Morgan fingerprint density at radius 3 is 2.65 bits per heavy atom. The molecule has 0 spiro atoms. The zero-order chi connectivity index (χ0) is 18.9. The average molecular weight is 368 g/mol. The van der Waals surface area contributed by atoms with Crippen molar-refractivity contribution in [2.45, 2.75) is 13.1 Å². The lowest BCUT2D eigenvalue weighted by Crippen LogP contribution is -2.11. The van der Waals surface area contributed by atoms with Gasteiger partial charge in [-0.3, -0.25) is 0 Å². The highest BCUT2D eigenvalue weighted by atomic mass is 19.4. The van der Waals surface area contributed by atoms with Gasteiger partial charge in [0.05, 0.1) is 23.7 Å². The molecule has 0 aromatic carbocycles. The minimum Gasteiger partial charge on any atom is -0.463 e. The van der Waals surface area contributed by atoms with E-state index in [2.05, 4.69) is 25.6 Å². The van der Waals surface area contributed by atoms with Crippen LogP contribution in [0.4, 0.5) is 23.5 Å². The van der Waals surface area contributed by atoms with E-state index < -0.39 is 23.8 Å². The third kappa shape index (κ3) is 3.55. The summed E-state index contributed by atoms with van der Waals surface area (Å²) in [5.41, 5.74) is 1.50. The second kappa shape index (κ2) is 6.58. The number of aromatic nitrogens is 4. The number of halogens is 4. The average Bonchev–Trinajstić information content (AvgIpc) is 3.18. The Morgan fingerprint density at radius 1 is 1.31 bits per heavy atom. The van der Waals surface area contributed by atoms with Crippen LogP contribution < -0.4 is 5.43 Å². The molecule has 3 heterocycles. The standard InChI is InChI=1S/C15H12F4N6O/c1-8-9(13(16)25(2)24-8)7-20-23-14-21-10(11-4-3-5-26-11)6-12(22-14)15(17,18)19/h3-7H,1-2H3,(H,21,22,23)/b20-7-. The summed E-state index contributed by atoms with van der Waals surface area (Å²) in [5, 5.41) is 7.56. The van der Waals surface area contributed by atoms with E-state index in [1.54, 1.807) is 6.92 Å². The van der Waals surface area contributed by atoms with Gasteiger partial charge >= 0.3 is 6.18 Å². The van der Waals surface area contributed by atoms with Gasteiger partial charge in [-0.2, -0.15) is 27.8 Å². The van der Waals surface area contributed by atoms with Crippen LogP contribution in [0, 0.1) is 12.9 Å². The van der Waals surface area contributed by atoms with Gasteiger partial charge in [0, 0.05) is 7.05 Å². The molecule has 3 rings (SSSR count). The van der Waals surface area contributed by atoms with E-state index in [0.29, 0.717) is 5.69 Å². The SMILES string of the molecule is Cc1nn(C)c(F)c1/C=N\Nc1nc(-c2ccco2)cc(C(F)(F)F)n1. The van der Waals surface area contributed by atoms with Crippen LogP contribution in [0.15, 0.2) is 34.0 Å². The van der Waals surface area contributed by atoms with Crippen LogP contribution in [0.25, 0.3) is 11.5 Å². The fourth-order valence-electron chi connectivity index (χ4n) is 2.14. The first-order chi connectivity index (χ1) is 12.3. The molecule has 26 heavy (non-hydrogen) atoms. The van der Waals surface area contributed by atoms with Crippen molar-refractivity contribution >= 4 is 12.2 Å². The van der Waals surface area contributed by atoms with Gasteiger partial charge in [0.25, 0.3) is 0 Å². The van der Waals surface area contributed by atoms with E-state index in [9.17, 15) is 17.6 Å². The van der Waals surface area contributed by atoms with Crippen LogP contribution in [-0.2, 0) is 13.2 Å². The largest absolute Gasteiger partial charge is 0.463 e. The number of alkyl halides is 3. The van der Waals surface area contributed by atoms with Crippen LogP contribution in [0.2, 0.25) is 0 Å². The Labute approximate surface area is 144 Å². The first-order valence-corrected chi connectivity index (χ1v) is 7.24. The topological polar surface area (TPSA) is 81.1 Å². The van der Waals surface area contributed by atoms with Crippen LogP contribution >= 0.6 is 0 Å². The Bertz CT molecular complexity index is 946. The number of rotatable bonds is 4. The van der Waals surface area contributed by atoms with Crippen molar-refractivity contribution in [2.75, 3.05) is 5.43 Å². The van der Waals surface area contributed by atoms with Crippen molar-refractivity contribution in [3.05, 3.63) is 47.4 Å². The highest BCUT2D eigenvalue weighted by Crippen LogP contribution is 2.31. The molecule has 0 radical (unpaired) electrons. The van der Waals surface area contributed by atoms with Gasteiger partial charge in [-0.15, -0.1) is 0 Å². The fraction of sp³-hybridized carbons (Fsp3) is 0.200. The number of anilines is 1. The maximum absolute atomic E-state index is 13.8. The van der Waals surface area contributed by atoms with E-state index in [0.717, 1.165) is 17.0 Å². The number of hydrogen-bond donors (Lipinski definition) is 1. The summed E-state index contributed by atoms with van der Waals surface area (Å²) in [6.45, 7) is 1.57. The summed E-state index contributed by atoms with van der Waals surface area (Å²) >= 11 is 0. The van der Waals surface area contributed by atoms with E-state index >= 15 is 0 Å². The molecular formula is C15H12F4N6O. The fourth-order valence-corrected chi connectivity index (χ4v) is 2.14. The second-order valence-corrected chi connectivity index (χ2v) is 5.22. The number of aryl methyl sites for hydroxylation is 2. The summed E-state index contributed by atoms with van der Waals surface area (Å²) < 4.78 is 59.0. The summed E-state index contributed by atoms with van der Waals surface area (Å²) in [4.78, 5) is 7.30. The molecule has 7 nitrogen and oxygen atoms in total. The molecule has 3 aromatic heterocycles. The number of hydrogen-bond acceptors (Lipinski definition) is 6.